The van der Waals surface area contributed by atoms with Gasteiger partial charge in [0.25, 0.3) is 0 Å². The van der Waals surface area contributed by atoms with E-state index in [1.807, 2.05) is 6.07 Å². The molecule has 1 aliphatic heterocycles. The standard InChI is InChI=1S/C8H11BrN4/c1-5-7(9)8(13-12-5)6-2-3-10-4-11-6/h2-5,7-8,12-13H,1H3. The van der Waals surface area contributed by atoms with Crippen LogP contribution in [-0.4, -0.2) is 20.8 Å². The number of halogens is 1. The second-order valence-electron chi connectivity index (χ2n) is 3.13. The van der Waals surface area contributed by atoms with E-state index in [2.05, 4.69) is 43.7 Å². The van der Waals surface area contributed by atoms with Crippen LogP contribution >= 0.6 is 15.9 Å². The summed E-state index contributed by atoms with van der Waals surface area (Å²) in [6, 6.07) is 2.55. The minimum absolute atomic E-state index is 0.220. The number of alkyl halides is 1. The number of hydrogen-bond donors (Lipinski definition) is 2. The van der Waals surface area contributed by atoms with Gasteiger partial charge in [-0.05, 0) is 13.0 Å². The van der Waals surface area contributed by atoms with Crippen LogP contribution < -0.4 is 10.9 Å². The maximum Gasteiger partial charge on any atom is 0.115 e. The zero-order valence-corrected chi connectivity index (χ0v) is 8.82. The molecule has 70 valence electrons. The van der Waals surface area contributed by atoms with Crippen LogP contribution in [0.25, 0.3) is 0 Å². The summed E-state index contributed by atoms with van der Waals surface area (Å²) in [6.45, 7) is 2.12. The molecule has 0 aromatic carbocycles. The van der Waals surface area contributed by atoms with Crippen molar-refractivity contribution < 1.29 is 0 Å². The van der Waals surface area contributed by atoms with E-state index in [9.17, 15) is 0 Å². The number of nitrogens with one attached hydrogen (secondary N) is 2. The summed E-state index contributed by atoms with van der Waals surface area (Å²) in [5, 5.41) is 0. The summed E-state index contributed by atoms with van der Waals surface area (Å²) >= 11 is 3.62. The van der Waals surface area contributed by atoms with E-state index in [1.165, 1.54) is 0 Å². The predicted molar refractivity (Wildman–Crippen MR) is 53.2 cm³/mol. The maximum absolute atomic E-state index is 4.20. The van der Waals surface area contributed by atoms with E-state index in [0.717, 1.165) is 5.69 Å². The average Bonchev–Trinajstić information content (AvgIpc) is 2.49. The number of rotatable bonds is 1. The van der Waals surface area contributed by atoms with Crippen LogP contribution in [0.1, 0.15) is 18.7 Å². The fourth-order valence-electron chi connectivity index (χ4n) is 1.39. The molecule has 1 fully saturated rings. The van der Waals surface area contributed by atoms with Crippen LogP contribution in [0, 0.1) is 0 Å². The highest BCUT2D eigenvalue weighted by molar-refractivity contribution is 9.09. The molecular weight excluding hydrogens is 232 g/mol. The van der Waals surface area contributed by atoms with E-state index in [0.29, 0.717) is 10.9 Å². The lowest BCUT2D eigenvalue weighted by Crippen LogP contribution is -2.29. The molecule has 0 amide bonds. The Balaban J connectivity index is 2.19. The minimum Gasteiger partial charge on any atom is -0.253 e. The molecule has 3 atom stereocenters. The van der Waals surface area contributed by atoms with Crippen molar-refractivity contribution in [1.82, 2.24) is 20.8 Å². The summed E-state index contributed by atoms with van der Waals surface area (Å²) in [4.78, 5) is 8.45. The Labute approximate surface area is 85.3 Å². The largest absolute Gasteiger partial charge is 0.253 e. The van der Waals surface area contributed by atoms with Gasteiger partial charge in [-0.25, -0.2) is 15.4 Å². The van der Waals surface area contributed by atoms with Gasteiger partial charge >= 0.3 is 0 Å². The molecular formula is C8H11BrN4. The average molecular weight is 243 g/mol. The lowest BCUT2D eigenvalue weighted by atomic mass is 10.1. The number of aromatic nitrogens is 2. The van der Waals surface area contributed by atoms with Gasteiger partial charge in [-0.2, -0.15) is 0 Å². The van der Waals surface area contributed by atoms with Crippen LogP contribution in [0.3, 0.4) is 0 Å². The molecule has 3 unspecified atom stereocenters. The lowest BCUT2D eigenvalue weighted by Gasteiger charge is -2.12. The molecule has 0 aliphatic carbocycles. The monoisotopic (exact) mass is 242 g/mol. The van der Waals surface area contributed by atoms with Crippen molar-refractivity contribution in [3.05, 3.63) is 24.3 Å². The van der Waals surface area contributed by atoms with E-state index in [1.54, 1.807) is 12.5 Å². The number of hydrogen-bond acceptors (Lipinski definition) is 4. The molecule has 5 heteroatoms. The lowest BCUT2D eigenvalue weighted by molar-refractivity contribution is 0.553. The Kier molecular flexibility index (Phi) is 2.57. The van der Waals surface area contributed by atoms with Crippen molar-refractivity contribution in [3.63, 3.8) is 0 Å². The molecule has 2 rings (SSSR count). The van der Waals surface area contributed by atoms with Gasteiger partial charge in [0.1, 0.15) is 6.33 Å². The van der Waals surface area contributed by atoms with Gasteiger partial charge in [-0.3, -0.25) is 5.43 Å². The molecule has 0 saturated carbocycles. The van der Waals surface area contributed by atoms with Crippen LogP contribution in [0.15, 0.2) is 18.6 Å². The summed E-state index contributed by atoms with van der Waals surface area (Å²) in [5.74, 6) is 0. The third-order valence-electron chi connectivity index (χ3n) is 2.19. The van der Waals surface area contributed by atoms with Gasteiger partial charge in [0.2, 0.25) is 0 Å². The predicted octanol–water partition coefficient (Wildman–Crippen LogP) is 0.777. The first-order chi connectivity index (χ1) is 6.29. The summed E-state index contributed by atoms with van der Waals surface area (Å²) < 4.78 is 0. The Morgan fingerprint density at radius 1 is 1.46 bits per heavy atom. The fraction of sp³-hybridized carbons (Fsp3) is 0.500. The van der Waals surface area contributed by atoms with Gasteiger partial charge < -0.3 is 0 Å². The molecule has 13 heavy (non-hydrogen) atoms. The van der Waals surface area contributed by atoms with Crippen molar-refractivity contribution in [3.8, 4) is 0 Å². The molecule has 2 heterocycles. The smallest absolute Gasteiger partial charge is 0.115 e. The van der Waals surface area contributed by atoms with Crippen molar-refractivity contribution >= 4 is 15.9 Å². The first-order valence-electron chi connectivity index (χ1n) is 4.20. The topological polar surface area (TPSA) is 49.8 Å². The SMILES string of the molecule is CC1NNC(c2ccncn2)C1Br. The Morgan fingerprint density at radius 2 is 2.31 bits per heavy atom. The van der Waals surface area contributed by atoms with Crippen LogP contribution in [0.5, 0.6) is 0 Å². The molecule has 1 aliphatic rings. The Morgan fingerprint density at radius 3 is 2.85 bits per heavy atom. The van der Waals surface area contributed by atoms with Crippen LogP contribution in [0.4, 0.5) is 0 Å². The summed E-state index contributed by atoms with van der Waals surface area (Å²) in [6.07, 6.45) is 3.33. The Bertz CT molecular complexity index is 279. The number of nitrogens with zero attached hydrogens (tertiary/aromatic N) is 2. The normalized spacial score (nSPS) is 33.5. The molecule has 0 bridgehead atoms. The highest BCUT2D eigenvalue weighted by atomic mass is 79.9. The third kappa shape index (κ3) is 1.72. The zero-order valence-electron chi connectivity index (χ0n) is 7.24. The second-order valence-corrected chi connectivity index (χ2v) is 4.19. The Hall–Kier alpha value is -0.520. The van der Waals surface area contributed by atoms with E-state index < -0.39 is 0 Å². The van der Waals surface area contributed by atoms with Crippen molar-refractivity contribution in [2.75, 3.05) is 0 Å². The van der Waals surface area contributed by atoms with Crippen molar-refractivity contribution in [2.45, 2.75) is 23.8 Å². The molecule has 0 spiro atoms. The van der Waals surface area contributed by atoms with Gasteiger partial charge in [-0.15, -0.1) is 0 Å². The fourth-order valence-corrected chi connectivity index (χ4v) is 1.93. The quantitative estimate of drug-likeness (QED) is 0.715. The summed E-state index contributed by atoms with van der Waals surface area (Å²) in [7, 11) is 0. The van der Waals surface area contributed by atoms with E-state index in [-0.39, 0.29) is 6.04 Å². The summed E-state index contributed by atoms with van der Waals surface area (Å²) in [5.41, 5.74) is 7.35. The number of hydrazine groups is 1. The van der Waals surface area contributed by atoms with Crippen LogP contribution in [-0.2, 0) is 0 Å². The second kappa shape index (κ2) is 3.69. The van der Waals surface area contributed by atoms with Gasteiger partial charge in [0.15, 0.2) is 0 Å². The molecule has 1 aromatic heterocycles. The van der Waals surface area contributed by atoms with Gasteiger partial charge in [0.05, 0.1) is 16.6 Å². The van der Waals surface area contributed by atoms with Crippen LogP contribution in [0.2, 0.25) is 0 Å². The highest BCUT2D eigenvalue weighted by Gasteiger charge is 2.32. The van der Waals surface area contributed by atoms with Gasteiger partial charge in [0, 0.05) is 12.2 Å². The maximum atomic E-state index is 4.20. The third-order valence-corrected chi connectivity index (χ3v) is 3.51. The molecule has 4 nitrogen and oxygen atoms in total. The first-order valence-corrected chi connectivity index (χ1v) is 5.11. The highest BCUT2D eigenvalue weighted by Crippen LogP contribution is 2.26. The molecule has 0 radical (unpaired) electrons. The molecule has 2 N–H and O–H groups in total. The van der Waals surface area contributed by atoms with Crippen molar-refractivity contribution in [1.29, 1.82) is 0 Å². The van der Waals surface area contributed by atoms with Gasteiger partial charge in [-0.1, -0.05) is 15.9 Å². The molecule has 1 aromatic rings. The van der Waals surface area contributed by atoms with E-state index in [4.69, 9.17) is 0 Å². The minimum atomic E-state index is 0.220. The van der Waals surface area contributed by atoms with E-state index >= 15 is 0 Å². The molecule has 1 saturated heterocycles. The first kappa shape index (κ1) is 9.05. The van der Waals surface area contributed by atoms with Crippen molar-refractivity contribution in [2.24, 2.45) is 0 Å². The zero-order chi connectivity index (χ0) is 9.26.